The van der Waals surface area contributed by atoms with Crippen LogP contribution in [-0.4, -0.2) is 35.6 Å². The Bertz CT molecular complexity index is 1040. The molecule has 0 aromatic heterocycles. The van der Waals surface area contributed by atoms with Gasteiger partial charge in [-0.15, -0.1) is 0 Å². The van der Waals surface area contributed by atoms with Crippen molar-refractivity contribution in [1.29, 1.82) is 0 Å². The van der Waals surface area contributed by atoms with E-state index >= 15 is 0 Å². The summed E-state index contributed by atoms with van der Waals surface area (Å²) in [5.41, 5.74) is 6.42. The summed E-state index contributed by atoms with van der Waals surface area (Å²) >= 11 is 0. The van der Waals surface area contributed by atoms with Crippen LogP contribution < -0.4 is 5.32 Å². The first kappa shape index (κ1) is 22.1. The van der Waals surface area contributed by atoms with Gasteiger partial charge < -0.3 is 20.3 Å². The minimum Gasteiger partial charge on any atom is -0.449 e. The molecule has 4 rings (SSSR count). The Balaban J connectivity index is 1.29. The fraction of sp³-hybridized carbons (Fsp3) is 0.296. The lowest BCUT2D eigenvalue weighted by atomic mass is 9.96. The third-order valence-corrected chi connectivity index (χ3v) is 6.17. The van der Waals surface area contributed by atoms with Crippen molar-refractivity contribution in [2.24, 2.45) is 0 Å². The van der Waals surface area contributed by atoms with Gasteiger partial charge in [0.1, 0.15) is 12.7 Å². The van der Waals surface area contributed by atoms with Crippen molar-refractivity contribution in [3.63, 3.8) is 0 Å². The first-order valence-corrected chi connectivity index (χ1v) is 11.1. The van der Waals surface area contributed by atoms with Crippen molar-refractivity contribution in [2.75, 3.05) is 13.2 Å². The number of aryl methyl sites for hydroxylation is 1. The highest BCUT2D eigenvalue weighted by Gasteiger charge is 2.29. The summed E-state index contributed by atoms with van der Waals surface area (Å²) < 4.78 is 5.51. The number of carbonyl (C=O) groups is 1. The largest absolute Gasteiger partial charge is 0.449 e. The van der Waals surface area contributed by atoms with Crippen molar-refractivity contribution >= 4 is 6.09 Å². The molecule has 0 spiro atoms. The van der Waals surface area contributed by atoms with Crippen molar-refractivity contribution < 1.29 is 19.7 Å². The fourth-order valence-corrected chi connectivity index (χ4v) is 4.48. The third-order valence-electron chi connectivity index (χ3n) is 6.17. The minimum atomic E-state index is -0.990. The van der Waals surface area contributed by atoms with E-state index in [4.69, 9.17) is 4.74 Å². The average molecular weight is 432 g/mol. The van der Waals surface area contributed by atoms with Crippen LogP contribution in [0.2, 0.25) is 0 Å². The molecule has 0 bridgehead atoms. The Morgan fingerprint density at radius 3 is 2.19 bits per heavy atom. The van der Waals surface area contributed by atoms with E-state index in [1.165, 1.54) is 11.1 Å². The summed E-state index contributed by atoms with van der Waals surface area (Å²) in [6.07, 6.45) is -1.49. The zero-order chi connectivity index (χ0) is 22.5. The van der Waals surface area contributed by atoms with Crippen LogP contribution in [0.3, 0.4) is 0 Å². The van der Waals surface area contributed by atoms with Gasteiger partial charge in [-0.05, 0) is 46.2 Å². The second-order valence-electron chi connectivity index (χ2n) is 8.11. The van der Waals surface area contributed by atoms with Crippen molar-refractivity contribution in [1.82, 2.24) is 5.32 Å². The van der Waals surface area contributed by atoms with Crippen LogP contribution in [0.15, 0.2) is 72.8 Å². The Hall–Kier alpha value is -3.15. The lowest BCUT2D eigenvalue weighted by Gasteiger charge is -2.21. The number of ether oxygens (including phenoxy) is 1. The number of aliphatic hydroxyl groups excluding tert-OH is 2. The smallest absolute Gasteiger partial charge is 0.407 e. The molecule has 0 heterocycles. The predicted molar refractivity (Wildman–Crippen MR) is 124 cm³/mol. The van der Waals surface area contributed by atoms with Gasteiger partial charge in [0.2, 0.25) is 0 Å². The van der Waals surface area contributed by atoms with Crippen LogP contribution >= 0.6 is 0 Å². The Morgan fingerprint density at radius 2 is 1.53 bits per heavy atom. The highest BCUT2D eigenvalue weighted by Crippen LogP contribution is 2.44. The average Bonchev–Trinajstić information content (AvgIpc) is 3.16. The predicted octanol–water partition coefficient (Wildman–Crippen LogP) is 4.57. The molecule has 32 heavy (non-hydrogen) atoms. The van der Waals surface area contributed by atoms with E-state index in [0.717, 1.165) is 28.7 Å². The molecule has 1 amide bonds. The normalized spacial score (nSPS) is 14.3. The molecular formula is C27H29NO4. The maximum absolute atomic E-state index is 12.3. The maximum atomic E-state index is 12.3. The molecule has 5 heteroatoms. The van der Waals surface area contributed by atoms with Crippen LogP contribution in [0.4, 0.5) is 4.79 Å². The van der Waals surface area contributed by atoms with Crippen LogP contribution in [0.1, 0.15) is 47.6 Å². The van der Waals surface area contributed by atoms with Crippen molar-refractivity contribution in [3.8, 4) is 11.1 Å². The molecule has 0 fully saturated rings. The number of hydrogen-bond donors (Lipinski definition) is 3. The number of alkyl carbamates (subject to hydrolysis) is 1. The molecule has 166 valence electrons. The molecule has 0 saturated heterocycles. The summed E-state index contributed by atoms with van der Waals surface area (Å²) in [6.45, 7) is 2.47. The summed E-state index contributed by atoms with van der Waals surface area (Å²) in [5, 5.41) is 23.6. The van der Waals surface area contributed by atoms with E-state index in [9.17, 15) is 15.0 Å². The molecule has 2 unspecified atom stereocenters. The number of hydrogen-bond acceptors (Lipinski definition) is 4. The number of nitrogens with one attached hydrogen (secondary N) is 1. The molecule has 3 aromatic carbocycles. The monoisotopic (exact) mass is 431 g/mol. The van der Waals surface area contributed by atoms with Gasteiger partial charge in [0.25, 0.3) is 0 Å². The Morgan fingerprint density at radius 1 is 0.938 bits per heavy atom. The van der Waals surface area contributed by atoms with E-state index in [0.29, 0.717) is 0 Å². The number of carbonyl (C=O) groups excluding carboxylic acids is 1. The number of aliphatic hydroxyl groups is 2. The molecule has 0 saturated carbocycles. The molecular weight excluding hydrogens is 402 g/mol. The molecule has 3 aromatic rings. The quantitative estimate of drug-likeness (QED) is 0.488. The fourth-order valence-electron chi connectivity index (χ4n) is 4.48. The minimum absolute atomic E-state index is 0.00566. The van der Waals surface area contributed by atoms with E-state index in [1.54, 1.807) is 0 Å². The molecule has 1 aliphatic carbocycles. The molecule has 1 aliphatic rings. The first-order valence-electron chi connectivity index (χ1n) is 11.1. The van der Waals surface area contributed by atoms with E-state index in [-0.39, 0.29) is 25.5 Å². The van der Waals surface area contributed by atoms with Gasteiger partial charge in [-0.2, -0.15) is 0 Å². The van der Waals surface area contributed by atoms with Crippen molar-refractivity contribution in [3.05, 3.63) is 95.1 Å². The standard InChI is InChI=1S/C27H29NO4/c1-2-18-9-3-4-10-19(18)26(30)25(29)15-16-28-27(31)32-17-24-22-13-7-5-11-20(22)21-12-6-8-14-23(21)24/h3-14,24-26,29-30H,2,15-17H2,1H3,(H,28,31). The zero-order valence-electron chi connectivity index (χ0n) is 18.2. The second-order valence-corrected chi connectivity index (χ2v) is 8.11. The number of amides is 1. The molecule has 3 N–H and O–H groups in total. The number of benzene rings is 3. The molecule has 0 aliphatic heterocycles. The number of rotatable bonds is 8. The maximum Gasteiger partial charge on any atom is 0.407 e. The summed E-state index contributed by atoms with van der Waals surface area (Å²) in [6, 6.07) is 23.9. The van der Waals surface area contributed by atoms with Gasteiger partial charge in [0.15, 0.2) is 0 Å². The lowest BCUT2D eigenvalue weighted by molar-refractivity contribution is 0.0132. The van der Waals surface area contributed by atoms with Crippen molar-refractivity contribution in [2.45, 2.75) is 37.9 Å². The second kappa shape index (κ2) is 9.98. The summed E-state index contributed by atoms with van der Waals surface area (Å²) in [4.78, 5) is 12.3. The van der Waals surface area contributed by atoms with Gasteiger partial charge in [-0.25, -0.2) is 4.79 Å². The van der Waals surface area contributed by atoms with E-state index in [1.807, 2.05) is 55.5 Å². The van der Waals surface area contributed by atoms with Gasteiger partial charge in [-0.1, -0.05) is 79.7 Å². The molecule has 2 atom stereocenters. The van der Waals surface area contributed by atoms with Gasteiger partial charge in [0, 0.05) is 12.5 Å². The third kappa shape index (κ3) is 4.54. The van der Waals surface area contributed by atoms with Crippen LogP contribution in [0.25, 0.3) is 11.1 Å². The SMILES string of the molecule is CCc1ccccc1C(O)C(O)CCNC(=O)OCC1c2ccccc2-c2ccccc21. The Labute approximate surface area is 188 Å². The van der Waals surface area contributed by atoms with Gasteiger partial charge >= 0.3 is 6.09 Å². The lowest BCUT2D eigenvalue weighted by Crippen LogP contribution is -2.30. The Kier molecular flexibility index (Phi) is 6.88. The molecule has 0 radical (unpaired) electrons. The highest BCUT2D eigenvalue weighted by atomic mass is 16.5. The van der Waals surface area contributed by atoms with Crippen LogP contribution in [-0.2, 0) is 11.2 Å². The topological polar surface area (TPSA) is 78.8 Å². The number of fused-ring (bicyclic) bond motifs is 3. The first-order chi connectivity index (χ1) is 15.6. The van der Waals surface area contributed by atoms with E-state index < -0.39 is 18.3 Å². The zero-order valence-corrected chi connectivity index (χ0v) is 18.2. The molecule has 5 nitrogen and oxygen atoms in total. The summed E-state index contributed by atoms with van der Waals surface area (Å²) in [5.74, 6) is 0.00566. The van der Waals surface area contributed by atoms with Gasteiger partial charge in [-0.3, -0.25) is 0 Å². The van der Waals surface area contributed by atoms with E-state index in [2.05, 4.69) is 29.6 Å². The van der Waals surface area contributed by atoms with Crippen LogP contribution in [0.5, 0.6) is 0 Å². The summed E-state index contributed by atoms with van der Waals surface area (Å²) in [7, 11) is 0. The van der Waals surface area contributed by atoms with Gasteiger partial charge in [0.05, 0.1) is 6.10 Å². The van der Waals surface area contributed by atoms with Crippen LogP contribution in [0, 0.1) is 0 Å². The highest BCUT2D eigenvalue weighted by molar-refractivity contribution is 5.79.